The minimum Gasteiger partial charge on any atom is -0.507 e. The van der Waals surface area contributed by atoms with E-state index in [4.69, 9.17) is 10.1 Å². The Morgan fingerprint density at radius 3 is 2.42 bits per heavy atom. The van der Waals surface area contributed by atoms with E-state index in [-0.39, 0.29) is 11.3 Å². The molecule has 1 heterocycles. The van der Waals surface area contributed by atoms with Crippen molar-refractivity contribution in [3.63, 3.8) is 0 Å². The molecule has 7 heteroatoms. The molecule has 1 aromatic heterocycles. The standard InChI is InChI=1S/C29H25N3O4/c1-15-7-8-19(11-16(15)2)18-5-4-6-21(12-18)27-31-23-10-9-20-13-22(28(34)30-17(3)29(35)36)14-24(33)25(20)26(23)32-27/h4-14,17,33H,1-3H3,(H,30,34)(H,31,32)(H,35,36)/t17-/m0/s1. The molecule has 5 aromatic rings. The lowest BCUT2D eigenvalue weighted by atomic mass is 9.99. The predicted octanol–water partition coefficient (Wildman–Crippen LogP) is 5.58. The highest BCUT2D eigenvalue weighted by atomic mass is 16.4. The lowest BCUT2D eigenvalue weighted by Crippen LogP contribution is -2.38. The Labute approximate surface area is 207 Å². The Balaban J connectivity index is 1.55. The number of imidazole rings is 1. The number of amides is 1. The van der Waals surface area contributed by atoms with Crippen molar-refractivity contribution in [1.29, 1.82) is 0 Å². The van der Waals surface area contributed by atoms with Crippen molar-refractivity contribution in [1.82, 2.24) is 15.3 Å². The summed E-state index contributed by atoms with van der Waals surface area (Å²) in [6, 6.07) is 20.1. The third-order valence-electron chi connectivity index (χ3n) is 6.50. The molecule has 7 nitrogen and oxygen atoms in total. The number of H-pyrrole nitrogens is 1. The number of phenols is 1. The van der Waals surface area contributed by atoms with Crippen LogP contribution in [-0.4, -0.2) is 38.1 Å². The van der Waals surface area contributed by atoms with Crippen molar-refractivity contribution in [2.75, 3.05) is 0 Å². The van der Waals surface area contributed by atoms with Crippen LogP contribution in [-0.2, 0) is 4.79 Å². The first-order valence-corrected chi connectivity index (χ1v) is 11.6. The molecular weight excluding hydrogens is 454 g/mol. The van der Waals surface area contributed by atoms with Gasteiger partial charge < -0.3 is 20.5 Å². The summed E-state index contributed by atoms with van der Waals surface area (Å²) in [5, 5.41) is 23.4. The lowest BCUT2D eigenvalue weighted by Gasteiger charge is -2.11. The first kappa shape index (κ1) is 23.1. The molecule has 180 valence electrons. The monoisotopic (exact) mass is 479 g/mol. The van der Waals surface area contributed by atoms with Gasteiger partial charge in [-0.25, -0.2) is 4.98 Å². The lowest BCUT2D eigenvalue weighted by molar-refractivity contribution is -0.138. The van der Waals surface area contributed by atoms with E-state index in [2.05, 4.69) is 54.5 Å². The third-order valence-corrected chi connectivity index (χ3v) is 6.50. The fourth-order valence-corrected chi connectivity index (χ4v) is 4.29. The molecule has 5 rings (SSSR count). The molecule has 4 N–H and O–H groups in total. The summed E-state index contributed by atoms with van der Waals surface area (Å²) in [6.07, 6.45) is 0. The number of aliphatic carboxylic acids is 1. The number of nitrogens with zero attached hydrogens (tertiary/aromatic N) is 1. The molecule has 4 aromatic carbocycles. The average molecular weight is 480 g/mol. The van der Waals surface area contributed by atoms with Gasteiger partial charge >= 0.3 is 5.97 Å². The van der Waals surface area contributed by atoms with Crippen LogP contribution in [0.1, 0.15) is 28.4 Å². The fraction of sp³-hybridized carbons (Fsp3) is 0.138. The van der Waals surface area contributed by atoms with Crippen LogP contribution in [0.4, 0.5) is 0 Å². The molecule has 0 spiro atoms. The van der Waals surface area contributed by atoms with Crippen molar-refractivity contribution in [2.45, 2.75) is 26.8 Å². The molecule has 0 bridgehead atoms. The zero-order valence-electron chi connectivity index (χ0n) is 20.1. The predicted molar refractivity (Wildman–Crippen MR) is 140 cm³/mol. The second-order valence-electron chi connectivity index (χ2n) is 9.05. The molecule has 0 saturated carbocycles. The van der Waals surface area contributed by atoms with E-state index < -0.39 is 17.9 Å². The van der Waals surface area contributed by atoms with Crippen molar-refractivity contribution in [3.8, 4) is 28.3 Å². The molecule has 0 radical (unpaired) electrons. The van der Waals surface area contributed by atoms with Crippen molar-refractivity contribution >= 4 is 33.7 Å². The van der Waals surface area contributed by atoms with Gasteiger partial charge in [-0.15, -0.1) is 0 Å². The number of aromatic nitrogens is 2. The van der Waals surface area contributed by atoms with Gasteiger partial charge in [0, 0.05) is 11.1 Å². The number of hydrogen-bond acceptors (Lipinski definition) is 4. The number of carbonyl (C=O) groups excluding carboxylic acids is 1. The number of phenolic OH excluding ortho intramolecular Hbond substituents is 1. The van der Waals surface area contributed by atoms with Crippen molar-refractivity contribution < 1.29 is 19.8 Å². The minimum absolute atomic E-state index is 0.104. The Kier molecular flexibility index (Phi) is 5.68. The maximum absolute atomic E-state index is 12.5. The largest absolute Gasteiger partial charge is 0.507 e. The zero-order chi connectivity index (χ0) is 25.6. The highest BCUT2D eigenvalue weighted by Crippen LogP contribution is 2.35. The Morgan fingerprint density at radius 1 is 0.917 bits per heavy atom. The van der Waals surface area contributed by atoms with Crippen LogP contribution in [0.2, 0.25) is 0 Å². The SMILES string of the molecule is Cc1ccc(-c2cccc(-c3nc4c(ccc5cc(C(=O)N[C@@H](C)C(=O)O)cc(O)c54)[nH]3)c2)cc1C. The van der Waals surface area contributed by atoms with Gasteiger partial charge in [-0.1, -0.05) is 42.5 Å². The zero-order valence-corrected chi connectivity index (χ0v) is 20.1. The summed E-state index contributed by atoms with van der Waals surface area (Å²) >= 11 is 0. The van der Waals surface area contributed by atoms with E-state index in [1.54, 1.807) is 12.1 Å². The van der Waals surface area contributed by atoms with E-state index in [0.717, 1.165) is 22.2 Å². The number of rotatable bonds is 5. The van der Waals surface area contributed by atoms with E-state index in [1.807, 2.05) is 18.2 Å². The smallest absolute Gasteiger partial charge is 0.325 e. The molecule has 36 heavy (non-hydrogen) atoms. The van der Waals surface area contributed by atoms with Crippen LogP contribution in [0, 0.1) is 13.8 Å². The van der Waals surface area contributed by atoms with Crippen LogP contribution in [0.3, 0.4) is 0 Å². The van der Waals surface area contributed by atoms with Gasteiger partial charge in [0.05, 0.1) is 10.9 Å². The maximum Gasteiger partial charge on any atom is 0.325 e. The second-order valence-corrected chi connectivity index (χ2v) is 9.05. The van der Waals surface area contributed by atoms with Crippen LogP contribution in [0.25, 0.3) is 44.3 Å². The van der Waals surface area contributed by atoms with Crippen LogP contribution >= 0.6 is 0 Å². The molecule has 0 saturated heterocycles. The fourth-order valence-electron chi connectivity index (χ4n) is 4.29. The Morgan fingerprint density at radius 2 is 1.67 bits per heavy atom. The average Bonchev–Trinajstić information content (AvgIpc) is 3.30. The topological polar surface area (TPSA) is 115 Å². The van der Waals surface area contributed by atoms with Crippen LogP contribution in [0.5, 0.6) is 5.75 Å². The summed E-state index contributed by atoms with van der Waals surface area (Å²) in [5.41, 5.74) is 7.10. The van der Waals surface area contributed by atoms with E-state index >= 15 is 0 Å². The number of benzene rings is 4. The van der Waals surface area contributed by atoms with Gasteiger partial charge in [0.1, 0.15) is 23.1 Å². The van der Waals surface area contributed by atoms with Crippen LogP contribution in [0.15, 0.2) is 66.7 Å². The number of fused-ring (bicyclic) bond motifs is 3. The molecule has 1 atom stereocenters. The van der Waals surface area contributed by atoms with Gasteiger partial charge in [0.25, 0.3) is 5.91 Å². The number of aromatic amines is 1. The van der Waals surface area contributed by atoms with Gasteiger partial charge in [-0.3, -0.25) is 9.59 Å². The highest BCUT2D eigenvalue weighted by Gasteiger charge is 2.18. The molecule has 0 aliphatic rings. The number of nitrogens with one attached hydrogen (secondary N) is 2. The number of carbonyl (C=O) groups is 2. The molecule has 0 unspecified atom stereocenters. The number of carboxylic acid groups (broad SMARTS) is 1. The third kappa shape index (κ3) is 4.15. The molecule has 0 aliphatic carbocycles. The summed E-state index contributed by atoms with van der Waals surface area (Å²) in [7, 11) is 0. The quantitative estimate of drug-likeness (QED) is 0.263. The molecule has 1 amide bonds. The molecule has 0 aliphatic heterocycles. The second kappa shape index (κ2) is 8.85. The van der Waals surface area contributed by atoms with E-state index in [0.29, 0.717) is 22.1 Å². The van der Waals surface area contributed by atoms with E-state index in [1.165, 1.54) is 24.1 Å². The normalized spacial score (nSPS) is 12.1. The first-order valence-electron chi connectivity index (χ1n) is 11.6. The van der Waals surface area contributed by atoms with E-state index in [9.17, 15) is 14.7 Å². The first-order chi connectivity index (χ1) is 17.2. The summed E-state index contributed by atoms with van der Waals surface area (Å²) < 4.78 is 0. The Bertz CT molecular complexity index is 1670. The Hall–Kier alpha value is -4.65. The minimum atomic E-state index is -1.14. The summed E-state index contributed by atoms with van der Waals surface area (Å²) in [5.74, 6) is -1.15. The highest BCUT2D eigenvalue weighted by molar-refractivity contribution is 6.11. The van der Waals surface area contributed by atoms with Crippen molar-refractivity contribution in [2.24, 2.45) is 0 Å². The van der Waals surface area contributed by atoms with Gasteiger partial charge in [-0.05, 0) is 72.7 Å². The summed E-state index contributed by atoms with van der Waals surface area (Å²) in [4.78, 5) is 31.7. The van der Waals surface area contributed by atoms with Gasteiger partial charge in [0.2, 0.25) is 0 Å². The van der Waals surface area contributed by atoms with Gasteiger partial charge in [-0.2, -0.15) is 0 Å². The summed E-state index contributed by atoms with van der Waals surface area (Å²) in [6.45, 7) is 5.57. The van der Waals surface area contributed by atoms with Gasteiger partial charge in [0.15, 0.2) is 0 Å². The molecular formula is C29H25N3O4. The van der Waals surface area contributed by atoms with Crippen molar-refractivity contribution in [3.05, 3.63) is 83.4 Å². The number of hydrogen-bond donors (Lipinski definition) is 4. The van der Waals surface area contributed by atoms with Crippen LogP contribution < -0.4 is 5.32 Å². The maximum atomic E-state index is 12.5. The molecule has 0 fully saturated rings. The number of aryl methyl sites for hydroxylation is 2. The number of carboxylic acids is 1. The number of aromatic hydroxyl groups is 1.